The van der Waals surface area contributed by atoms with E-state index in [2.05, 4.69) is 0 Å². The lowest BCUT2D eigenvalue weighted by atomic mass is 10.3. The molecule has 82 valence electrons. The third kappa shape index (κ3) is 3.15. The fourth-order valence-electron chi connectivity index (χ4n) is 1.16. The average molecular weight is 222 g/mol. The fourth-order valence-corrected chi connectivity index (χ4v) is 1.71. The van der Waals surface area contributed by atoms with E-state index in [0.717, 1.165) is 6.26 Å². The molecule has 0 aliphatic carbocycles. The SMILES string of the molecule is CS(=O)(=O)CCN1CC(CN)OC1=O. The van der Waals surface area contributed by atoms with Crippen LogP contribution in [0.15, 0.2) is 0 Å². The van der Waals surface area contributed by atoms with E-state index >= 15 is 0 Å². The quantitative estimate of drug-likeness (QED) is 0.646. The van der Waals surface area contributed by atoms with Crippen LogP contribution in [0, 0.1) is 0 Å². The van der Waals surface area contributed by atoms with E-state index in [0.29, 0.717) is 6.54 Å². The van der Waals surface area contributed by atoms with E-state index in [9.17, 15) is 13.2 Å². The number of nitrogens with zero attached hydrogens (tertiary/aromatic N) is 1. The Morgan fingerprint density at radius 1 is 1.64 bits per heavy atom. The molecule has 1 fully saturated rings. The number of amides is 1. The monoisotopic (exact) mass is 222 g/mol. The summed E-state index contributed by atoms with van der Waals surface area (Å²) in [6, 6.07) is 0. The molecular formula is C7H14N2O4S. The number of carbonyl (C=O) groups excluding carboxylic acids is 1. The summed E-state index contributed by atoms with van der Waals surface area (Å²) in [6.45, 7) is 0.820. The van der Waals surface area contributed by atoms with Crippen LogP contribution in [0.5, 0.6) is 0 Å². The predicted octanol–water partition coefficient (Wildman–Crippen LogP) is -1.19. The number of carbonyl (C=O) groups is 1. The molecule has 1 atom stereocenters. The maximum absolute atomic E-state index is 11.1. The lowest BCUT2D eigenvalue weighted by Gasteiger charge is -2.10. The van der Waals surface area contributed by atoms with Crippen LogP contribution in [0.3, 0.4) is 0 Å². The summed E-state index contributed by atoms with van der Waals surface area (Å²) in [5.41, 5.74) is 5.32. The van der Waals surface area contributed by atoms with Gasteiger partial charge < -0.3 is 15.4 Å². The van der Waals surface area contributed by atoms with Crippen molar-refractivity contribution in [1.29, 1.82) is 0 Å². The van der Waals surface area contributed by atoms with Crippen molar-refractivity contribution in [3.63, 3.8) is 0 Å². The van der Waals surface area contributed by atoms with Gasteiger partial charge in [-0.25, -0.2) is 13.2 Å². The molecule has 1 aliphatic rings. The standard InChI is InChI=1S/C7H14N2O4S/c1-14(11,12)3-2-9-5-6(4-8)13-7(9)10/h6H,2-5,8H2,1H3. The van der Waals surface area contributed by atoms with Gasteiger partial charge in [0, 0.05) is 19.3 Å². The van der Waals surface area contributed by atoms with Gasteiger partial charge in [-0.1, -0.05) is 0 Å². The van der Waals surface area contributed by atoms with E-state index in [-0.39, 0.29) is 24.9 Å². The van der Waals surface area contributed by atoms with Crippen LogP contribution in [0.1, 0.15) is 0 Å². The second-order valence-electron chi connectivity index (χ2n) is 3.32. The molecule has 0 spiro atoms. The second kappa shape index (κ2) is 4.14. The Morgan fingerprint density at radius 2 is 2.29 bits per heavy atom. The molecule has 7 heteroatoms. The lowest BCUT2D eigenvalue weighted by Crippen LogP contribution is -2.31. The zero-order valence-corrected chi connectivity index (χ0v) is 8.79. The van der Waals surface area contributed by atoms with Gasteiger partial charge in [0.1, 0.15) is 15.9 Å². The van der Waals surface area contributed by atoms with Crippen molar-refractivity contribution < 1.29 is 17.9 Å². The van der Waals surface area contributed by atoms with Crippen molar-refractivity contribution >= 4 is 15.9 Å². The van der Waals surface area contributed by atoms with Gasteiger partial charge in [-0.2, -0.15) is 0 Å². The highest BCUT2D eigenvalue weighted by atomic mass is 32.2. The molecule has 1 saturated heterocycles. The summed E-state index contributed by atoms with van der Waals surface area (Å²) >= 11 is 0. The topological polar surface area (TPSA) is 89.7 Å². The minimum absolute atomic E-state index is 0.0423. The Hall–Kier alpha value is -0.820. The first kappa shape index (κ1) is 11.3. The van der Waals surface area contributed by atoms with Crippen molar-refractivity contribution in [2.45, 2.75) is 6.10 Å². The van der Waals surface area contributed by atoms with Crippen LogP contribution in [0.4, 0.5) is 4.79 Å². The highest BCUT2D eigenvalue weighted by molar-refractivity contribution is 7.90. The number of cyclic esters (lactones) is 1. The summed E-state index contributed by atoms with van der Waals surface area (Å²) in [6.07, 6.45) is 0.348. The molecule has 1 heterocycles. The highest BCUT2D eigenvalue weighted by Crippen LogP contribution is 2.09. The highest BCUT2D eigenvalue weighted by Gasteiger charge is 2.30. The van der Waals surface area contributed by atoms with Gasteiger partial charge in [0.25, 0.3) is 0 Å². The third-order valence-electron chi connectivity index (χ3n) is 1.94. The smallest absolute Gasteiger partial charge is 0.410 e. The van der Waals surface area contributed by atoms with Gasteiger partial charge >= 0.3 is 6.09 Å². The van der Waals surface area contributed by atoms with Gasteiger partial charge in [-0.15, -0.1) is 0 Å². The summed E-state index contributed by atoms with van der Waals surface area (Å²) < 4.78 is 26.5. The van der Waals surface area contributed by atoms with Gasteiger partial charge in [0.2, 0.25) is 0 Å². The number of nitrogens with two attached hydrogens (primary N) is 1. The molecule has 0 aromatic carbocycles. The molecule has 0 bridgehead atoms. The van der Waals surface area contributed by atoms with E-state index < -0.39 is 15.9 Å². The molecule has 14 heavy (non-hydrogen) atoms. The van der Waals surface area contributed by atoms with Crippen molar-refractivity contribution in [3.05, 3.63) is 0 Å². The fraction of sp³-hybridized carbons (Fsp3) is 0.857. The Balaban J connectivity index is 2.43. The molecule has 0 radical (unpaired) electrons. The molecule has 1 rings (SSSR count). The normalized spacial score (nSPS) is 22.6. The molecular weight excluding hydrogens is 208 g/mol. The van der Waals surface area contributed by atoms with Crippen molar-refractivity contribution in [2.24, 2.45) is 5.73 Å². The van der Waals surface area contributed by atoms with Crippen molar-refractivity contribution in [1.82, 2.24) is 4.90 Å². The average Bonchev–Trinajstić information content (AvgIpc) is 2.42. The molecule has 0 aromatic rings. The lowest BCUT2D eigenvalue weighted by molar-refractivity contribution is 0.135. The maximum atomic E-state index is 11.1. The van der Waals surface area contributed by atoms with Crippen LogP contribution in [0.2, 0.25) is 0 Å². The maximum Gasteiger partial charge on any atom is 0.410 e. The van der Waals surface area contributed by atoms with Gasteiger partial charge in [0.15, 0.2) is 0 Å². The summed E-state index contributed by atoms with van der Waals surface area (Å²) in [4.78, 5) is 12.5. The van der Waals surface area contributed by atoms with E-state index in [1.165, 1.54) is 4.90 Å². The van der Waals surface area contributed by atoms with Crippen LogP contribution >= 0.6 is 0 Å². The minimum atomic E-state index is -3.04. The van der Waals surface area contributed by atoms with Crippen LogP contribution in [-0.4, -0.2) is 57.2 Å². The van der Waals surface area contributed by atoms with Crippen LogP contribution in [0.25, 0.3) is 0 Å². The molecule has 1 unspecified atom stereocenters. The van der Waals surface area contributed by atoms with E-state index in [1.54, 1.807) is 0 Å². The van der Waals surface area contributed by atoms with Gasteiger partial charge in [-0.3, -0.25) is 0 Å². The van der Waals surface area contributed by atoms with Crippen molar-refractivity contribution in [2.75, 3.05) is 31.6 Å². The minimum Gasteiger partial charge on any atom is -0.443 e. The second-order valence-corrected chi connectivity index (χ2v) is 5.58. The Kier molecular flexibility index (Phi) is 3.33. The molecule has 0 saturated carbocycles. The molecule has 1 aliphatic heterocycles. The van der Waals surface area contributed by atoms with E-state index in [4.69, 9.17) is 10.5 Å². The number of ether oxygens (including phenoxy) is 1. The molecule has 2 N–H and O–H groups in total. The van der Waals surface area contributed by atoms with Gasteiger partial charge in [-0.05, 0) is 0 Å². The summed E-state index contributed by atoms with van der Waals surface area (Å²) in [5.74, 6) is -0.0423. The number of hydrogen-bond acceptors (Lipinski definition) is 5. The van der Waals surface area contributed by atoms with Crippen LogP contribution in [-0.2, 0) is 14.6 Å². The first-order valence-corrected chi connectivity index (χ1v) is 6.32. The summed E-state index contributed by atoms with van der Waals surface area (Å²) in [7, 11) is -3.04. The Labute approximate surface area is 82.9 Å². The molecule has 0 aromatic heterocycles. The number of rotatable bonds is 4. The summed E-state index contributed by atoms with van der Waals surface area (Å²) in [5, 5.41) is 0. The first-order valence-electron chi connectivity index (χ1n) is 4.26. The van der Waals surface area contributed by atoms with Gasteiger partial charge in [0.05, 0.1) is 12.3 Å². The number of sulfone groups is 1. The first-order chi connectivity index (χ1) is 6.42. The zero-order chi connectivity index (χ0) is 10.8. The Bertz CT molecular complexity index is 314. The van der Waals surface area contributed by atoms with E-state index in [1.807, 2.05) is 0 Å². The largest absolute Gasteiger partial charge is 0.443 e. The predicted molar refractivity (Wildman–Crippen MR) is 50.6 cm³/mol. The van der Waals surface area contributed by atoms with Crippen molar-refractivity contribution in [3.8, 4) is 0 Å². The Morgan fingerprint density at radius 3 is 2.71 bits per heavy atom. The zero-order valence-electron chi connectivity index (χ0n) is 7.97. The molecule has 1 amide bonds. The van der Waals surface area contributed by atoms with Crippen LogP contribution < -0.4 is 5.73 Å². The third-order valence-corrected chi connectivity index (χ3v) is 2.87. The number of hydrogen-bond donors (Lipinski definition) is 1. The molecule has 6 nitrogen and oxygen atoms in total.